The first-order valence-corrected chi connectivity index (χ1v) is 8.83. The summed E-state index contributed by atoms with van der Waals surface area (Å²) in [5, 5.41) is 0. The van der Waals surface area contributed by atoms with E-state index in [2.05, 4.69) is 24.0 Å². The average Bonchev–Trinajstić information content (AvgIpc) is 3.39. The van der Waals surface area contributed by atoms with Crippen molar-refractivity contribution in [2.24, 2.45) is 17.6 Å². The van der Waals surface area contributed by atoms with Crippen LogP contribution in [0.2, 0.25) is 0 Å². The topological polar surface area (TPSA) is 42.4 Å². The molecular formula is C18H28N2O. The van der Waals surface area contributed by atoms with Crippen molar-refractivity contribution < 1.29 is 4.42 Å². The van der Waals surface area contributed by atoms with Crippen LogP contribution < -0.4 is 5.73 Å². The van der Waals surface area contributed by atoms with Gasteiger partial charge in [0.25, 0.3) is 0 Å². The summed E-state index contributed by atoms with van der Waals surface area (Å²) >= 11 is 0. The van der Waals surface area contributed by atoms with Crippen molar-refractivity contribution in [3.8, 4) is 0 Å². The molecule has 0 aromatic carbocycles. The van der Waals surface area contributed by atoms with Gasteiger partial charge in [-0.05, 0) is 69.2 Å². The van der Waals surface area contributed by atoms with Gasteiger partial charge in [-0.2, -0.15) is 0 Å². The number of nitrogens with two attached hydrogens (primary N) is 1. The summed E-state index contributed by atoms with van der Waals surface area (Å²) in [6, 6.07) is 5.69. The second-order valence-corrected chi connectivity index (χ2v) is 7.47. The van der Waals surface area contributed by atoms with Crippen molar-refractivity contribution in [1.82, 2.24) is 4.90 Å². The Balaban J connectivity index is 1.61. The second kappa shape index (κ2) is 5.44. The molecule has 1 aromatic rings. The van der Waals surface area contributed by atoms with Crippen molar-refractivity contribution >= 4 is 0 Å². The fraction of sp³-hybridized carbons (Fsp3) is 0.778. The minimum absolute atomic E-state index is 0.424. The van der Waals surface area contributed by atoms with Gasteiger partial charge >= 0.3 is 0 Å². The van der Waals surface area contributed by atoms with Crippen molar-refractivity contribution in [3.05, 3.63) is 23.7 Å². The molecule has 1 saturated heterocycles. The maximum absolute atomic E-state index is 6.32. The molecule has 0 bridgehead atoms. The molecule has 3 heteroatoms. The highest BCUT2D eigenvalue weighted by Crippen LogP contribution is 2.49. The van der Waals surface area contributed by atoms with Gasteiger partial charge in [-0.25, -0.2) is 0 Å². The maximum atomic E-state index is 6.32. The number of nitrogens with zero attached hydrogens (tertiary/aromatic N) is 1. The highest BCUT2D eigenvalue weighted by molar-refractivity contribution is 5.20. The van der Waals surface area contributed by atoms with E-state index >= 15 is 0 Å². The van der Waals surface area contributed by atoms with Crippen LogP contribution >= 0.6 is 0 Å². The largest absolute Gasteiger partial charge is 0.464 e. The Morgan fingerprint density at radius 1 is 1.19 bits per heavy atom. The van der Waals surface area contributed by atoms with Gasteiger partial charge in [-0.3, -0.25) is 4.90 Å². The normalized spacial score (nSPS) is 37.4. The van der Waals surface area contributed by atoms with Gasteiger partial charge in [0, 0.05) is 12.0 Å². The predicted molar refractivity (Wildman–Crippen MR) is 84.1 cm³/mol. The molecule has 3 fully saturated rings. The molecule has 1 aliphatic heterocycles. The molecule has 4 atom stereocenters. The summed E-state index contributed by atoms with van der Waals surface area (Å²) in [6.45, 7) is 4.32. The van der Waals surface area contributed by atoms with E-state index in [1.54, 1.807) is 0 Å². The molecule has 0 radical (unpaired) electrons. The molecule has 0 amide bonds. The highest BCUT2D eigenvalue weighted by atomic mass is 16.3. The van der Waals surface area contributed by atoms with E-state index in [0.717, 1.165) is 18.5 Å². The summed E-state index contributed by atoms with van der Waals surface area (Å²) < 4.78 is 6.32. The van der Waals surface area contributed by atoms with Crippen LogP contribution in [-0.4, -0.2) is 24.0 Å². The molecule has 3 nitrogen and oxygen atoms in total. The Morgan fingerprint density at radius 3 is 2.62 bits per heavy atom. The van der Waals surface area contributed by atoms with Crippen LogP contribution in [0.25, 0.3) is 0 Å². The molecule has 0 spiro atoms. The Bertz CT molecular complexity index is 493. The van der Waals surface area contributed by atoms with Crippen LogP contribution in [0.1, 0.15) is 68.9 Å². The van der Waals surface area contributed by atoms with Crippen LogP contribution in [0.4, 0.5) is 0 Å². The Morgan fingerprint density at radius 2 is 1.95 bits per heavy atom. The molecule has 2 heterocycles. The van der Waals surface area contributed by atoms with Crippen molar-refractivity contribution in [2.75, 3.05) is 13.1 Å². The van der Waals surface area contributed by atoms with E-state index in [9.17, 15) is 0 Å². The average molecular weight is 288 g/mol. The monoisotopic (exact) mass is 288 g/mol. The molecule has 4 unspecified atom stereocenters. The van der Waals surface area contributed by atoms with Crippen molar-refractivity contribution in [1.29, 1.82) is 0 Å². The molecule has 2 aliphatic carbocycles. The molecule has 1 aromatic heterocycles. The van der Waals surface area contributed by atoms with E-state index in [4.69, 9.17) is 10.2 Å². The smallest absolute Gasteiger partial charge is 0.121 e. The number of likely N-dealkylation sites (tertiary alicyclic amines) is 1. The zero-order chi connectivity index (χ0) is 14.4. The Hall–Kier alpha value is -0.800. The van der Waals surface area contributed by atoms with Crippen molar-refractivity contribution in [2.45, 2.75) is 63.5 Å². The predicted octanol–water partition coefficient (Wildman–Crippen LogP) is 3.67. The number of hydrogen-bond donors (Lipinski definition) is 1. The third-order valence-corrected chi connectivity index (χ3v) is 5.78. The Labute approximate surface area is 127 Å². The SMILES string of the molecule is CC1CC1c1ccc(C2C(CN)CCCCN2C2CC2)o1. The standard InChI is InChI=1S/C18H28N2O/c1-12-10-15(12)16-7-8-17(21-16)18-13(11-19)4-2-3-9-20(18)14-5-6-14/h7-8,12-15,18H,2-6,9-11,19H2,1H3. The summed E-state index contributed by atoms with van der Waals surface area (Å²) in [5.41, 5.74) is 6.12. The lowest BCUT2D eigenvalue weighted by atomic mass is 9.93. The van der Waals surface area contributed by atoms with E-state index in [-0.39, 0.29) is 0 Å². The van der Waals surface area contributed by atoms with E-state index in [1.807, 2.05) is 0 Å². The number of furan rings is 1. The van der Waals surface area contributed by atoms with Crippen molar-refractivity contribution in [3.63, 3.8) is 0 Å². The highest BCUT2D eigenvalue weighted by Gasteiger charge is 2.42. The number of rotatable bonds is 4. The maximum Gasteiger partial charge on any atom is 0.121 e. The molecule has 116 valence electrons. The fourth-order valence-electron chi connectivity index (χ4n) is 4.17. The lowest BCUT2D eigenvalue weighted by Crippen LogP contribution is -2.37. The molecule has 2 N–H and O–H groups in total. The van der Waals surface area contributed by atoms with Crippen LogP contribution in [0, 0.1) is 11.8 Å². The second-order valence-electron chi connectivity index (χ2n) is 7.47. The van der Waals surface area contributed by atoms with Gasteiger partial charge in [0.15, 0.2) is 0 Å². The zero-order valence-corrected chi connectivity index (χ0v) is 13.1. The van der Waals surface area contributed by atoms with Gasteiger partial charge in [0.05, 0.1) is 6.04 Å². The molecule has 21 heavy (non-hydrogen) atoms. The number of hydrogen-bond acceptors (Lipinski definition) is 3. The van der Waals surface area contributed by atoms with Crippen LogP contribution in [0.3, 0.4) is 0 Å². The molecule has 2 saturated carbocycles. The van der Waals surface area contributed by atoms with E-state index in [0.29, 0.717) is 17.9 Å². The first kappa shape index (κ1) is 13.8. The minimum atomic E-state index is 0.424. The van der Waals surface area contributed by atoms with E-state index < -0.39 is 0 Å². The first-order chi connectivity index (χ1) is 10.3. The third-order valence-electron chi connectivity index (χ3n) is 5.78. The molecule has 4 rings (SSSR count). The van der Waals surface area contributed by atoms with Gasteiger partial charge in [0.2, 0.25) is 0 Å². The quantitative estimate of drug-likeness (QED) is 0.919. The van der Waals surface area contributed by atoms with Gasteiger partial charge in [-0.1, -0.05) is 13.3 Å². The van der Waals surface area contributed by atoms with Crippen LogP contribution in [-0.2, 0) is 0 Å². The summed E-state index contributed by atoms with van der Waals surface area (Å²) in [7, 11) is 0. The lowest BCUT2D eigenvalue weighted by molar-refractivity contribution is 0.126. The van der Waals surface area contributed by atoms with Gasteiger partial charge in [-0.15, -0.1) is 0 Å². The summed E-state index contributed by atoms with van der Waals surface area (Å²) in [4.78, 5) is 2.71. The van der Waals surface area contributed by atoms with Gasteiger partial charge in [0.1, 0.15) is 11.5 Å². The molecule has 3 aliphatic rings. The minimum Gasteiger partial charge on any atom is -0.464 e. The van der Waals surface area contributed by atoms with Gasteiger partial charge < -0.3 is 10.2 Å². The Kier molecular flexibility index (Phi) is 3.58. The third kappa shape index (κ3) is 2.66. The zero-order valence-electron chi connectivity index (χ0n) is 13.1. The lowest BCUT2D eigenvalue weighted by Gasteiger charge is -2.33. The van der Waals surface area contributed by atoms with E-state index in [1.165, 1.54) is 56.6 Å². The molecular weight excluding hydrogens is 260 g/mol. The van der Waals surface area contributed by atoms with Crippen LogP contribution in [0.5, 0.6) is 0 Å². The summed E-state index contributed by atoms with van der Waals surface area (Å²) in [6.07, 6.45) is 7.90. The first-order valence-electron chi connectivity index (χ1n) is 8.83. The van der Waals surface area contributed by atoms with Crippen LogP contribution in [0.15, 0.2) is 16.5 Å². The summed E-state index contributed by atoms with van der Waals surface area (Å²) in [5.74, 6) is 4.45. The fourth-order valence-corrected chi connectivity index (χ4v) is 4.17.